The van der Waals surface area contributed by atoms with Gasteiger partial charge in [0.05, 0.1) is 6.54 Å². The molecule has 0 amide bonds. The van der Waals surface area contributed by atoms with E-state index in [1.54, 1.807) is 0 Å². The van der Waals surface area contributed by atoms with Gasteiger partial charge in [0.15, 0.2) is 5.96 Å². The van der Waals surface area contributed by atoms with Crippen LogP contribution in [-0.2, 0) is 20.0 Å². The summed E-state index contributed by atoms with van der Waals surface area (Å²) < 4.78 is 2.14. The van der Waals surface area contributed by atoms with Crippen molar-refractivity contribution in [3.63, 3.8) is 0 Å². The van der Waals surface area contributed by atoms with E-state index in [1.807, 2.05) is 7.05 Å². The van der Waals surface area contributed by atoms with Crippen LogP contribution in [0.15, 0.2) is 65.8 Å². The van der Waals surface area contributed by atoms with Crippen LogP contribution in [0, 0.1) is 0 Å². The highest BCUT2D eigenvalue weighted by Gasteiger charge is 2.08. The summed E-state index contributed by atoms with van der Waals surface area (Å²) in [6.45, 7) is 1.69. The molecule has 3 rings (SSSR count). The molecule has 138 valence electrons. The first-order valence-corrected chi connectivity index (χ1v) is 8.67. The molecule has 26 heavy (non-hydrogen) atoms. The zero-order chi connectivity index (χ0) is 17.6. The van der Waals surface area contributed by atoms with Crippen molar-refractivity contribution in [3.05, 3.63) is 72.1 Å². The van der Waals surface area contributed by atoms with Crippen LogP contribution in [0.2, 0.25) is 0 Å². The van der Waals surface area contributed by atoms with Gasteiger partial charge in [0.2, 0.25) is 0 Å². The van der Waals surface area contributed by atoms with E-state index >= 15 is 0 Å². The highest BCUT2D eigenvalue weighted by molar-refractivity contribution is 14.0. The van der Waals surface area contributed by atoms with Crippen LogP contribution in [0.4, 0.5) is 0 Å². The summed E-state index contributed by atoms with van der Waals surface area (Å²) in [5, 5.41) is 6.11. The van der Waals surface area contributed by atoms with Gasteiger partial charge in [0.25, 0.3) is 0 Å². The Labute approximate surface area is 172 Å². The van der Waals surface area contributed by atoms with Gasteiger partial charge in [-0.25, -0.2) is 0 Å². The number of aromatic nitrogens is 1. The first kappa shape index (κ1) is 20.3. The SMILES string of the molecule is CN=C(NCCc1cccc2ccccc12)N(C)Cc1cccn1C.I. The van der Waals surface area contributed by atoms with E-state index < -0.39 is 0 Å². The molecule has 0 atom stereocenters. The predicted octanol–water partition coefficient (Wildman–Crippen LogP) is 4.05. The molecule has 0 spiro atoms. The number of halogens is 1. The van der Waals surface area contributed by atoms with Gasteiger partial charge in [-0.05, 0) is 34.9 Å². The second-order valence-corrected chi connectivity index (χ2v) is 6.33. The summed E-state index contributed by atoms with van der Waals surface area (Å²) in [5.41, 5.74) is 2.63. The lowest BCUT2D eigenvalue weighted by Gasteiger charge is -2.22. The molecule has 0 unspecified atom stereocenters. The Balaban J connectivity index is 0.00000243. The molecule has 0 fully saturated rings. The quantitative estimate of drug-likeness (QED) is 0.353. The molecule has 0 saturated heterocycles. The number of nitrogens with one attached hydrogen (secondary N) is 1. The van der Waals surface area contributed by atoms with Gasteiger partial charge in [-0.2, -0.15) is 0 Å². The summed E-state index contributed by atoms with van der Waals surface area (Å²) in [7, 11) is 5.97. The molecule has 0 radical (unpaired) electrons. The van der Waals surface area contributed by atoms with E-state index in [2.05, 4.69) is 94.7 Å². The summed E-state index contributed by atoms with van der Waals surface area (Å²) in [6.07, 6.45) is 3.04. The minimum Gasteiger partial charge on any atom is -0.356 e. The van der Waals surface area contributed by atoms with Crippen molar-refractivity contribution in [2.24, 2.45) is 12.0 Å². The number of aliphatic imine (C=N–C) groups is 1. The average Bonchev–Trinajstić information content (AvgIpc) is 3.03. The van der Waals surface area contributed by atoms with Gasteiger partial charge in [-0.1, -0.05) is 42.5 Å². The number of nitrogens with zero attached hydrogens (tertiary/aromatic N) is 3. The number of fused-ring (bicyclic) bond motifs is 1. The van der Waals surface area contributed by atoms with Crippen LogP contribution < -0.4 is 5.32 Å². The second-order valence-electron chi connectivity index (χ2n) is 6.33. The Bertz CT molecular complexity index is 864. The molecule has 2 aromatic carbocycles. The van der Waals surface area contributed by atoms with E-state index in [0.29, 0.717) is 0 Å². The molecule has 1 aromatic heterocycles. The number of hydrogen-bond acceptors (Lipinski definition) is 1. The molecule has 1 heterocycles. The monoisotopic (exact) mass is 462 g/mol. The minimum atomic E-state index is 0. The zero-order valence-corrected chi connectivity index (χ0v) is 18.0. The highest BCUT2D eigenvalue weighted by Crippen LogP contribution is 2.18. The van der Waals surface area contributed by atoms with Gasteiger partial charge in [-0.15, -0.1) is 24.0 Å². The van der Waals surface area contributed by atoms with Crippen LogP contribution in [0.25, 0.3) is 10.8 Å². The van der Waals surface area contributed by atoms with Gasteiger partial charge < -0.3 is 14.8 Å². The molecule has 0 bridgehead atoms. The Morgan fingerprint density at radius 2 is 1.85 bits per heavy atom. The fourth-order valence-corrected chi connectivity index (χ4v) is 3.18. The molecule has 1 N–H and O–H groups in total. The summed E-state index contributed by atoms with van der Waals surface area (Å²) >= 11 is 0. The van der Waals surface area contributed by atoms with Crippen molar-refractivity contribution < 1.29 is 0 Å². The number of rotatable bonds is 5. The van der Waals surface area contributed by atoms with Crippen molar-refractivity contribution in [2.75, 3.05) is 20.6 Å². The third-order valence-corrected chi connectivity index (χ3v) is 4.58. The molecule has 4 nitrogen and oxygen atoms in total. The second kappa shape index (κ2) is 9.62. The minimum absolute atomic E-state index is 0. The molecular weight excluding hydrogens is 435 g/mol. The van der Waals surface area contributed by atoms with E-state index in [1.165, 1.54) is 22.0 Å². The van der Waals surface area contributed by atoms with Crippen LogP contribution in [0.1, 0.15) is 11.3 Å². The fraction of sp³-hybridized carbons (Fsp3) is 0.286. The van der Waals surface area contributed by atoms with Crippen LogP contribution in [0.3, 0.4) is 0 Å². The standard InChI is InChI=1S/C21H26N4.HI/c1-22-21(25(3)16-19-11-7-15-24(19)2)23-14-13-18-10-6-9-17-8-4-5-12-20(17)18;/h4-12,15H,13-14,16H2,1-3H3,(H,22,23);1H. The highest BCUT2D eigenvalue weighted by atomic mass is 127. The lowest BCUT2D eigenvalue weighted by atomic mass is 10.0. The Morgan fingerprint density at radius 1 is 1.08 bits per heavy atom. The van der Waals surface area contributed by atoms with Crippen molar-refractivity contribution in [2.45, 2.75) is 13.0 Å². The molecule has 0 aliphatic carbocycles. The van der Waals surface area contributed by atoms with E-state index in [9.17, 15) is 0 Å². The average molecular weight is 462 g/mol. The summed E-state index contributed by atoms with van der Waals surface area (Å²) in [4.78, 5) is 6.57. The van der Waals surface area contributed by atoms with Gasteiger partial charge in [-0.3, -0.25) is 4.99 Å². The first-order valence-electron chi connectivity index (χ1n) is 8.67. The van der Waals surface area contributed by atoms with Crippen molar-refractivity contribution in [1.82, 2.24) is 14.8 Å². The largest absolute Gasteiger partial charge is 0.356 e. The normalized spacial score (nSPS) is 11.3. The lowest BCUT2D eigenvalue weighted by Crippen LogP contribution is -2.39. The molecule has 0 aliphatic rings. The maximum atomic E-state index is 4.41. The van der Waals surface area contributed by atoms with E-state index in [0.717, 1.165) is 25.5 Å². The van der Waals surface area contributed by atoms with Crippen LogP contribution >= 0.6 is 24.0 Å². The Kier molecular flexibility index (Phi) is 7.50. The summed E-state index contributed by atoms with van der Waals surface area (Å²) in [5.74, 6) is 0.918. The first-order chi connectivity index (χ1) is 12.2. The number of aryl methyl sites for hydroxylation is 1. The van der Waals surface area contributed by atoms with E-state index in [4.69, 9.17) is 0 Å². The molecule has 0 aliphatic heterocycles. The fourth-order valence-electron chi connectivity index (χ4n) is 3.18. The number of guanidine groups is 1. The zero-order valence-electron chi connectivity index (χ0n) is 15.6. The molecule has 5 heteroatoms. The van der Waals surface area contributed by atoms with Crippen molar-refractivity contribution >= 4 is 40.7 Å². The molecule has 3 aromatic rings. The van der Waals surface area contributed by atoms with Gasteiger partial charge in [0, 0.05) is 39.6 Å². The van der Waals surface area contributed by atoms with E-state index in [-0.39, 0.29) is 24.0 Å². The number of hydrogen-bond donors (Lipinski definition) is 1. The maximum Gasteiger partial charge on any atom is 0.193 e. The van der Waals surface area contributed by atoms with Crippen LogP contribution in [0.5, 0.6) is 0 Å². The number of benzene rings is 2. The molecular formula is C21H27IN4. The van der Waals surface area contributed by atoms with Gasteiger partial charge >= 0.3 is 0 Å². The van der Waals surface area contributed by atoms with Crippen LogP contribution in [-0.4, -0.2) is 36.1 Å². The third-order valence-electron chi connectivity index (χ3n) is 4.58. The lowest BCUT2D eigenvalue weighted by molar-refractivity contribution is 0.462. The smallest absolute Gasteiger partial charge is 0.193 e. The topological polar surface area (TPSA) is 32.6 Å². The van der Waals surface area contributed by atoms with Gasteiger partial charge in [0.1, 0.15) is 0 Å². The molecule has 0 saturated carbocycles. The Hall–Kier alpha value is -2.02. The van der Waals surface area contributed by atoms with Crippen molar-refractivity contribution in [3.8, 4) is 0 Å². The van der Waals surface area contributed by atoms with Crippen molar-refractivity contribution in [1.29, 1.82) is 0 Å². The summed E-state index contributed by atoms with van der Waals surface area (Å²) in [6, 6.07) is 19.3. The predicted molar refractivity (Wildman–Crippen MR) is 121 cm³/mol. The maximum absolute atomic E-state index is 4.41. The Morgan fingerprint density at radius 3 is 2.58 bits per heavy atom. The third kappa shape index (κ3) is 4.78.